The number of fused-ring (bicyclic) bond motifs is 1. The van der Waals surface area contributed by atoms with Crippen molar-refractivity contribution in [1.82, 2.24) is 25.4 Å². The molecule has 2 aromatic rings. The van der Waals surface area contributed by atoms with Crippen LogP contribution in [0.2, 0.25) is 0 Å². The molecule has 3 N–H and O–H groups in total. The molecule has 1 aliphatic carbocycles. The molecular formula is C19H23FN6O3. The normalized spacial score (nSPS) is 20.7. The topological polar surface area (TPSA) is 110 Å². The summed E-state index contributed by atoms with van der Waals surface area (Å²) in [6.45, 7) is 0.110. The fraction of sp³-hybridized carbons (Fsp3) is 0.474. The van der Waals surface area contributed by atoms with Crippen molar-refractivity contribution < 1.29 is 18.7 Å². The van der Waals surface area contributed by atoms with Gasteiger partial charge in [-0.25, -0.2) is 14.2 Å². The van der Waals surface area contributed by atoms with Crippen LogP contribution in [-0.2, 0) is 18.3 Å². The van der Waals surface area contributed by atoms with Gasteiger partial charge in [-0.2, -0.15) is 5.10 Å². The minimum atomic E-state index is -0.548. The summed E-state index contributed by atoms with van der Waals surface area (Å²) in [5.74, 6) is -0.823. The lowest BCUT2D eigenvalue weighted by Gasteiger charge is -2.33. The molecule has 0 saturated heterocycles. The molecule has 2 aliphatic rings. The summed E-state index contributed by atoms with van der Waals surface area (Å²) in [7, 11) is 3.07. The summed E-state index contributed by atoms with van der Waals surface area (Å²) in [6, 6.07) is -0.401. The number of nitrogens with one attached hydrogen (secondary N) is 3. The van der Waals surface area contributed by atoms with Crippen LogP contribution in [-0.4, -0.2) is 46.0 Å². The first kappa shape index (κ1) is 19.2. The largest absolute Gasteiger partial charge is 0.453 e. The molecule has 9 nitrogen and oxygen atoms in total. The molecule has 154 valence electrons. The number of ether oxygens (including phenoxy) is 1. The molecule has 0 unspecified atom stereocenters. The number of rotatable bonds is 4. The number of carbonyl (C=O) groups excluding carboxylic acids is 2. The maximum absolute atomic E-state index is 15.2. The van der Waals surface area contributed by atoms with Crippen molar-refractivity contribution in [2.24, 2.45) is 7.05 Å². The van der Waals surface area contributed by atoms with E-state index in [9.17, 15) is 9.59 Å². The van der Waals surface area contributed by atoms with E-state index in [-0.39, 0.29) is 35.9 Å². The molecular weight excluding hydrogens is 379 g/mol. The van der Waals surface area contributed by atoms with Crippen molar-refractivity contribution in [3.63, 3.8) is 0 Å². The lowest BCUT2D eigenvalue weighted by molar-refractivity contribution is 0.0966. The van der Waals surface area contributed by atoms with E-state index in [4.69, 9.17) is 4.74 Å². The van der Waals surface area contributed by atoms with Crippen LogP contribution < -0.4 is 16.0 Å². The number of aromatic nitrogens is 3. The minimum absolute atomic E-state index is 0.0719. The number of anilines is 1. The molecule has 3 heterocycles. The van der Waals surface area contributed by atoms with Gasteiger partial charge in [0.1, 0.15) is 0 Å². The second-order valence-electron chi connectivity index (χ2n) is 7.34. The highest BCUT2D eigenvalue weighted by atomic mass is 19.1. The summed E-state index contributed by atoms with van der Waals surface area (Å²) < 4.78 is 21.5. The number of hydrogen-bond donors (Lipinski definition) is 3. The molecule has 2 amide bonds. The standard InChI is InChI=1S/C19H23FN6O3/c1-26-9-10(7-22-26)16-14-11(8-21-18(14)27)15(20)17(25-16)23-12-5-3-4-6-13(12)24-19(28)29-2/h7,9,12-13H,3-6,8H2,1-2H3,(H,21,27)(H,23,25)(H,24,28)/t12-,13+/m1/s1. The number of alkyl carbamates (subject to hydrolysis) is 1. The lowest BCUT2D eigenvalue weighted by Crippen LogP contribution is -2.48. The van der Waals surface area contributed by atoms with E-state index in [0.717, 1.165) is 25.7 Å². The van der Waals surface area contributed by atoms with Crippen LogP contribution in [0.15, 0.2) is 12.4 Å². The Morgan fingerprint density at radius 3 is 2.79 bits per heavy atom. The first-order chi connectivity index (χ1) is 14.0. The van der Waals surface area contributed by atoms with Crippen molar-refractivity contribution in [2.45, 2.75) is 44.3 Å². The predicted octanol–water partition coefficient (Wildman–Crippen LogP) is 1.94. The molecule has 0 radical (unpaired) electrons. The second-order valence-corrected chi connectivity index (χ2v) is 7.34. The zero-order valence-corrected chi connectivity index (χ0v) is 16.3. The van der Waals surface area contributed by atoms with Gasteiger partial charge in [0.15, 0.2) is 11.6 Å². The van der Waals surface area contributed by atoms with Gasteiger partial charge in [0.05, 0.1) is 30.6 Å². The van der Waals surface area contributed by atoms with Crippen molar-refractivity contribution in [3.05, 3.63) is 29.3 Å². The summed E-state index contributed by atoms with van der Waals surface area (Å²) in [5, 5.41) is 12.8. The molecule has 0 spiro atoms. The Kier molecular flexibility index (Phi) is 5.08. The van der Waals surface area contributed by atoms with Crippen LogP contribution in [0.3, 0.4) is 0 Å². The zero-order valence-electron chi connectivity index (χ0n) is 16.3. The summed E-state index contributed by atoms with van der Waals surface area (Å²) >= 11 is 0. The highest BCUT2D eigenvalue weighted by Crippen LogP contribution is 2.33. The van der Waals surface area contributed by atoms with Crippen LogP contribution in [0.25, 0.3) is 11.3 Å². The number of halogens is 1. The number of nitrogens with zero attached hydrogens (tertiary/aromatic N) is 3. The van der Waals surface area contributed by atoms with Crippen LogP contribution in [0, 0.1) is 5.82 Å². The Morgan fingerprint density at radius 2 is 2.10 bits per heavy atom. The number of amides is 2. The first-order valence-corrected chi connectivity index (χ1v) is 9.58. The maximum Gasteiger partial charge on any atom is 0.407 e. The van der Waals surface area contributed by atoms with E-state index in [1.807, 2.05) is 0 Å². The van der Waals surface area contributed by atoms with Gasteiger partial charge in [0.2, 0.25) is 0 Å². The SMILES string of the molecule is COC(=O)N[C@H]1CCCC[C@H]1Nc1nc(-c2cnn(C)c2)c2c(c1F)CNC2=O. The van der Waals surface area contributed by atoms with Gasteiger partial charge in [0, 0.05) is 37.0 Å². The number of pyridine rings is 1. The Morgan fingerprint density at radius 1 is 1.34 bits per heavy atom. The molecule has 0 bridgehead atoms. The van der Waals surface area contributed by atoms with Gasteiger partial charge in [-0.05, 0) is 12.8 Å². The van der Waals surface area contributed by atoms with Gasteiger partial charge in [-0.1, -0.05) is 12.8 Å². The van der Waals surface area contributed by atoms with Gasteiger partial charge >= 0.3 is 6.09 Å². The van der Waals surface area contributed by atoms with Crippen molar-refractivity contribution in [2.75, 3.05) is 12.4 Å². The third kappa shape index (κ3) is 3.62. The summed E-state index contributed by atoms with van der Waals surface area (Å²) in [6.07, 6.45) is 6.25. The molecule has 1 saturated carbocycles. The molecule has 4 rings (SSSR count). The van der Waals surface area contributed by atoms with E-state index in [2.05, 4.69) is 26.0 Å². The highest BCUT2D eigenvalue weighted by molar-refractivity contribution is 6.04. The van der Waals surface area contributed by atoms with Crippen molar-refractivity contribution >= 4 is 17.8 Å². The predicted molar refractivity (Wildman–Crippen MR) is 103 cm³/mol. The molecule has 1 fully saturated rings. The van der Waals surface area contributed by atoms with E-state index in [0.29, 0.717) is 16.8 Å². The summed E-state index contributed by atoms with van der Waals surface area (Å²) in [5.41, 5.74) is 1.56. The fourth-order valence-electron chi connectivity index (χ4n) is 3.99. The monoisotopic (exact) mass is 402 g/mol. The maximum atomic E-state index is 15.2. The summed E-state index contributed by atoms with van der Waals surface area (Å²) in [4.78, 5) is 28.4. The quantitative estimate of drug-likeness (QED) is 0.721. The van der Waals surface area contributed by atoms with E-state index < -0.39 is 11.9 Å². The second kappa shape index (κ2) is 7.69. The minimum Gasteiger partial charge on any atom is -0.453 e. The Balaban J connectivity index is 1.70. The molecule has 1 aliphatic heterocycles. The fourth-order valence-corrected chi connectivity index (χ4v) is 3.99. The Bertz CT molecular complexity index is 960. The smallest absolute Gasteiger partial charge is 0.407 e. The average Bonchev–Trinajstić information content (AvgIpc) is 3.32. The third-order valence-electron chi connectivity index (χ3n) is 5.44. The molecule has 29 heavy (non-hydrogen) atoms. The Labute approximate surface area is 167 Å². The van der Waals surface area contributed by atoms with Crippen LogP contribution >= 0.6 is 0 Å². The Hall–Kier alpha value is -3.17. The average molecular weight is 402 g/mol. The first-order valence-electron chi connectivity index (χ1n) is 9.58. The van der Waals surface area contributed by atoms with Crippen LogP contribution in [0.4, 0.5) is 15.0 Å². The van der Waals surface area contributed by atoms with Gasteiger partial charge < -0.3 is 20.7 Å². The number of methoxy groups -OCH3 is 1. The molecule has 10 heteroatoms. The van der Waals surface area contributed by atoms with Crippen molar-refractivity contribution in [3.8, 4) is 11.3 Å². The molecule has 2 aromatic heterocycles. The van der Waals surface area contributed by atoms with Crippen LogP contribution in [0.1, 0.15) is 41.6 Å². The van der Waals surface area contributed by atoms with E-state index >= 15 is 4.39 Å². The number of hydrogen-bond acceptors (Lipinski definition) is 6. The van der Waals surface area contributed by atoms with Gasteiger partial charge in [-0.3, -0.25) is 9.48 Å². The third-order valence-corrected chi connectivity index (χ3v) is 5.44. The molecule has 0 aromatic carbocycles. The number of aryl methyl sites for hydroxylation is 1. The lowest BCUT2D eigenvalue weighted by atomic mass is 9.90. The molecule has 2 atom stereocenters. The van der Waals surface area contributed by atoms with Crippen molar-refractivity contribution in [1.29, 1.82) is 0 Å². The van der Waals surface area contributed by atoms with Gasteiger partial charge in [0.25, 0.3) is 5.91 Å². The van der Waals surface area contributed by atoms with Gasteiger partial charge in [-0.15, -0.1) is 0 Å². The van der Waals surface area contributed by atoms with E-state index in [1.54, 1.807) is 24.1 Å². The number of carbonyl (C=O) groups is 2. The van der Waals surface area contributed by atoms with E-state index in [1.165, 1.54) is 7.11 Å². The zero-order chi connectivity index (χ0) is 20.5. The highest BCUT2D eigenvalue weighted by Gasteiger charge is 2.33. The van der Waals surface area contributed by atoms with Crippen LogP contribution in [0.5, 0.6) is 0 Å².